The molecule has 2 nitrogen and oxygen atoms in total. The van der Waals surface area contributed by atoms with Gasteiger partial charge in [-0.25, -0.2) is 0 Å². The van der Waals surface area contributed by atoms with Gasteiger partial charge >= 0.3 is 141 Å². The van der Waals surface area contributed by atoms with Crippen molar-refractivity contribution in [3.63, 3.8) is 0 Å². The van der Waals surface area contributed by atoms with E-state index >= 15 is 0 Å². The van der Waals surface area contributed by atoms with Crippen LogP contribution in [0.1, 0.15) is 132 Å². The van der Waals surface area contributed by atoms with E-state index in [0.717, 1.165) is 25.8 Å². The van der Waals surface area contributed by atoms with Gasteiger partial charge in [0.2, 0.25) is 0 Å². The predicted molar refractivity (Wildman–Crippen MR) is 184 cm³/mol. The third-order valence-electron chi connectivity index (χ3n) is 9.90. The van der Waals surface area contributed by atoms with Crippen molar-refractivity contribution in [2.75, 3.05) is 11.4 Å². The van der Waals surface area contributed by atoms with Crippen LogP contribution in [0.5, 0.6) is 0 Å². The average Bonchev–Trinajstić information content (AvgIpc) is 3.43. The fraction of sp³-hybridized carbons (Fsp3) is 0.714. The van der Waals surface area contributed by atoms with Crippen molar-refractivity contribution in [2.45, 2.75) is 153 Å². The Labute approximate surface area is 267 Å². The maximum absolute atomic E-state index is 5.83. The van der Waals surface area contributed by atoms with Gasteiger partial charge in [0, 0.05) is 7.92 Å². The Hall–Kier alpha value is 0.0634. The Morgan fingerprint density at radius 2 is 1.24 bits per heavy atom. The summed E-state index contributed by atoms with van der Waals surface area (Å²) in [6.07, 6.45) is 31.4. The van der Waals surface area contributed by atoms with E-state index in [1.165, 1.54) is 39.4 Å². The predicted octanol–water partition coefficient (Wildman–Crippen LogP) is 11.4. The fourth-order valence-corrected chi connectivity index (χ4v) is 15.0. The van der Waals surface area contributed by atoms with E-state index in [1.807, 2.05) is 0 Å². The monoisotopic (exact) mass is 708 g/mol. The van der Waals surface area contributed by atoms with Crippen molar-refractivity contribution < 1.29 is 13.5 Å². The van der Waals surface area contributed by atoms with Crippen LogP contribution in [0.4, 0.5) is 5.69 Å². The summed E-state index contributed by atoms with van der Waals surface area (Å²) in [7, 11) is 11.6. The summed E-state index contributed by atoms with van der Waals surface area (Å²) < 4.78 is 2.09. The molecule has 0 amide bonds. The molecule has 1 aromatic rings. The Bertz CT molecular complexity index is 911. The number of hydrogen-bond acceptors (Lipinski definition) is 2. The van der Waals surface area contributed by atoms with Gasteiger partial charge in [0.05, 0.1) is 17.0 Å². The van der Waals surface area contributed by atoms with E-state index in [0.29, 0.717) is 0 Å². The summed E-state index contributed by atoms with van der Waals surface area (Å²) in [6.45, 7) is 9.70. The van der Waals surface area contributed by atoms with Crippen LogP contribution in [0.2, 0.25) is 0 Å². The molecule has 3 saturated carbocycles. The molecular weight excluding hydrogens is 651 g/mol. The molecule has 3 aliphatic carbocycles. The molecule has 0 bridgehead atoms. The number of halogens is 2. The minimum atomic E-state index is -1.57. The molecule has 5 rings (SSSR count). The van der Waals surface area contributed by atoms with Crippen molar-refractivity contribution in [2.24, 2.45) is 0 Å². The Balaban J connectivity index is 0.000000191. The normalized spacial score (nSPS) is 21.3. The van der Waals surface area contributed by atoms with Gasteiger partial charge in [-0.1, -0.05) is 19.3 Å². The number of aryl methyl sites for hydroxylation is 3. The van der Waals surface area contributed by atoms with Crippen molar-refractivity contribution in [3.8, 4) is 0 Å². The van der Waals surface area contributed by atoms with E-state index < -0.39 is 13.5 Å². The molecule has 4 aliphatic rings. The molecule has 1 heterocycles. The molecule has 0 saturated heterocycles. The number of nitrogens with zero attached hydrogens (tertiary/aromatic N) is 2. The molecule has 1 aliphatic heterocycles. The van der Waals surface area contributed by atoms with Crippen LogP contribution in [0.3, 0.4) is 0 Å². The van der Waals surface area contributed by atoms with Gasteiger partial charge in [-0.2, -0.15) is 0 Å². The van der Waals surface area contributed by atoms with Crippen LogP contribution >= 0.6 is 27.3 Å². The molecule has 3 fully saturated rings. The number of rotatable bonds is 9. The second kappa shape index (κ2) is 18.1. The third kappa shape index (κ3) is 10.9. The van der Waals surface area contributed by atoms with E-state index in [4.69, 9.17) is 19.4 Å². The quantitative estimate of drug-likeness (QED) is 0.109. The Morgan fingerprint density at radius 3 is 1.71 bits per heavy atom. The molecule has 0 aromatic heterocycles. The first-order chi connectivity index (χ1) is 19.9. The number of hydrogen-bond donors (Lipinski definition) is 0. The van der Waals surface area contributed by atoms with Crippen molar-refractivity contribution in [1.82, 2.24) is 4.90 Å². The van der Waals surface area contributed by atoms with Crippen molar-refractivity contribution in [1.29, 1.82) is 0 Å². The first kappa shape index (κ1) is 33.9. The summed E-state index contributed by atoms with van der Waals surface area (Å²) in [5, 5.41) is 0. The zero-order valence-corrected chi connectivity index (χ0v) is 30.4. The van der Waals surface area contributed by atoms with Gasteiger partial charge in [0.25, 0.3) is 0 Å². The first-order valence-corrected chi connectivity index (χ1v) is 24.0. The van der Waals surface area contributed by atoms with Crippen LogP contribution in [0, 0.1) is 27.4 Å². The molecule has 6 heteroatoms. The minimum absolute atomic E-state index is 0.0465. The second-order valence-electron chi connectivity index (χ2n) is 13.2. The number of anilines is 1. The van der Waals surface area contributed by atoms with Crippen molar-refractivity contribution in [3.05, 3.63) is 47.9 Å². The standard InChI is InChI=1S/C18H33P.C17H23N2.2ClH.Ru/c1-4-10-16(11-5-1)19(17-12-6-2-7-13-17)18-14-8-3-9-15-18;1-5-6-7-8-18-9-10-19(13-18)17-15(3)11-14(2)12-16(17)4;;;/h16-18H,1-15H2;1,9-13H,5-8H2,2-4H3;2*1H;/q;-1;;;+2/p-1. The molecule has 0 spiro atoms. The first-order valence-electron chi connectivity index (χ1n) is 16.8. The summed E-state index contributed by atoms with van der Waals surface area (Å²) in [6, 6.07) is 4.47. The van der Waals surface area contributed by atoms with E-state index in [1.54, 1.807) is 96.3 Å². The van der Waals surface area contributed by atoms with Gasteiger partial charge in [0.1, 0.15) is 0 Å². The van der Waals surface area contributed by atoms with Crippen LogP contribution in [-0.4, -0.2) is 33.0 Å². The van der Waals surface area contributed by atoms with Crippen LogP contribution < -0.4 is 4.90 Å². The zero-order valence-electron chi connectivity index (χ0n) is 26.1. The topological polar surface area (TPSA) is 6.48 Å². The molecule has 1 aromatic carbocycles. The average molecular weight is 709 g/mol. The summed E-state index contributed by atoms with van der Waals surface area (Å²) in [5.74, 6) is 0. The number of unbranched alkanes of at least 4 members (excludes halogenated alkanes) is 2. The second-order valence-corrected chi connectivity index (χ2v) is 22.5. The van der Waals surface area contributed by atoms with Gasteiger partial charge in [0.15, 0.2) is 0 Å². The summed E-state index contributed by atoms with van der Waals surface area (Å²) in [5.41, 5.74) is 8.91. The van der Waals surface area contributed by atoms with E-state index in [9.17, 15) is 0 Å². The molecule has 0 atom stereocenters. The molecular formula is C35H57Cl2N2PRu. The van der Waals surface area contributed by atoms with Gasteiger partial charge < -0.3 is 0 Å². The summed E-state index contributed by atoms with van der Waals surface area (Å²) in [4.78, 5) is 4.46. The summed E-state index contributed by atoms with van der Waals surface area (Å²) >= 11 is -1.57. The molecule has 234 valence electrons. The van der Waals surface area contributed by atoms with Gasteiger partial charge in [-0.3, -0.25) is 0 Å². The molecule has 41 heavy (non-hydrogen) atoms. The Kier molecular flexibility index (Phi) is 15.0. The van der Waals surface area contributed by atoms with Gasteiger partial charge in [-0.15, -0.1) is 0 Å². The third-order valence-corrected chi connectivity index (χ3v) is 16.8. The fourth-order valence-electron chi connectivity index (χ4n) is 8.13. The van der Waals surface area contributed by atoms with Gasteiger partial charge in [-0.05, 0) is 84.0 Å². The van der Waals surface area contributed by atoms with Crippen LogP contribution in [0.15, 0.2) is 24.5 Å². The van der Waals surface area contributed by atoms with Crippen LogP contribution in [-0.2, 0) is 13.5 Å². The number of benzene rings is 1. The Morgan fingerprint density at radius 1 is 0.756 bits per heavy atom. The maximum atomic E-state index is 5.83. The molecule has 0 radical (unpaired) electrons. The molecule has 0 N–H and O–H groups in total. The zero-order chi connectivity index (χ0) is 29.0. The van der Waals surface area contributed by atoms with Crippen LogP contribution in [0.25, 0.3) is 0 Å². The van der Waals surface area contributed by atoms with Crippen molar-refractivity contribution >= 4 is 37.6 Å². The van der Waals surface area contributed by atoms with E-state index in [2.05, 4.69) is 66.4 Å². The molecule has 0 unspecified atom stereocenters. The van der Waals surface area contributed by atoms with E-state index in [-0.39, 0.29) is 7.92 Å². The SMILES string of the molecule is C1CCC([PH+](C2CCCCC2)C2CCCCC2)CC1.Cc1cc(C)c(N2C=CN(CCCC[CH]=[Ru]([Cl])[Cl])[CH-]2)c(C)c1.